The molecule has 20 heavy (non-hydrogen) atoms. The lowest BCUT2D eigenvalue weighted by molar-refractivity contribution is -0.144. The van der Waals surface area contributed by atoms with Crippen LogP contribution in [-0.4, -0.2) is 16.9 Å². The van der Waals surface area contributed by atoms with E-state index in [4.69, 9.17) is 5.90 Å². The first kappa shape index (κ1) is 16.2. The first-order valence-electron chi connectivity index (χ1n) is 6.85. The van der Waals surface area contributed by atoms with Gasteiger partial charge in [0.05, 0.1) is 0 Å². The zero-order valence-corrected chi connectivity index (χ0v) is 11.5. The summed E-state index contributed by atoms with van der Waals surface area (Å²) in [6.45, 7) is 0. The van der Waals surface area contributed by atoms with Crippen molar-refractivity contribution in [3.05, 3.63) is 29.8 Å². The van der Waals surface area contributed by atoms with Gasteiger partial charge in [0.25, 0.3) is 0 Å². The second kappa shape index (κ2) is 9.09. The topological polar surface area (TPSA) is 89.6 Å². The predicted molar refractivity (Wildman–Crippen MR) is 75.0 cm³/mol. The SMILES string of the molecule is NOC(=O)CCCCCCCC(=O)c1cccc(O)c1. The van der Waals surface area contributed by atoms with Crippen LogP contribution in [0, 0.1) is 0 Å². The number of phenols is 1. The zero-order valence-electron chi connectivity index (χ0n) is 11.5. The van der Waals surface area contributed by atoms with Gasteiger partial charge in [-0.15, -0.1) is 0 Å². The Morgan fingerprint density at radius 1 is 1.05 bits per heavy atom. The molecule has 0 spiro atoms. The molecule has 0 unspecified atom stereocenters. The fourth-order valence-corrected chi connectivity index (χ4v) is 1.97. The van der Waals surface area contributed by atoms with E-state index >= 15 is 0 Å². The van der Waals surface area contributed by atoms with Crippen LogP contribution in [0.15, 0.2) is 24.3 Å². The van der Waals surface area contributed by atoms with E-state index in [1.807, 2.05) is 0 Å². The van der Waals surface area contributed by atoms with E-state index in [-0.39, 0.29) is 17.5 Å². The summed E-state index contributed by atoms with van der Waals surface area (Å²) in [5, 5.41) is 9.30. The van der Waals surface area contributed by atoms with Gasteiger partial charge < -0.3 is 9.94 Å². The molecule has 5 nitrogen and oxygen atoms in total. The summed E-state index contributed by atoms with van der Waals surface area (Å²) in [6, 6.07) is 6.41. The van der Waals surface area contributed by atoms with Crippen LogP contribution >= 0.6 is 0 Å². The number of hydrogen-bond acceptors (Lipinski definition) is 5. The van der Waals surface area contributed by atoms with E-state index < -0.39 is 0 Å². The van der Waals surface area contributed by atoms with Crippen molar-refractivity contribution in [3.8, 4) is 5.75 Å². The number of carbonyl (C=O) groups excluding carboxylic acids is 2. The molecule has 0 saturated carbocycles. The Morgan fingerprint density at radius 3 is 2.35 bits per heavy atom. The van der Waals surface area contributed by atoms with Gasteiger partial charge >= 0.3 is 5.97 Å². The Balaban J connectivity index is 2.09. The quantitative estimate of drug-likeness (QED) is 0.412. The Kier molecular flexibility index (Phi) is 7.35. The number of carbonyl (C=O) groups is 2. The lowest BCUT2D eigenvalue weighted by Gasteiger charge is -2.02. The van der Waals surface area contributed by atoms with Gasteiger partial charge in [-0.3, -0.25) is 9.59 Å². The molecule has 0 aliphatic heterocycles. The third-order valence-electron chi connectivity index (χ3n) is 3.08. The van der Waals surface area contributed by atoms with E-state index in [2.05, 4.69) is 4.84 Å². The molecule has 5 heteroatoms. The second-order valence-corrected chi connectivity index (χ2v) is 4.73. The maximum absolute atomic E-state index is 11.8. The summed E-state index contributed by atoms with van der Waals surface area (Å²) < 4.78 is 0. The summed E-state index contributed by atoms with van der Waals surface area (Å²) in [7, 11) is 0. The fraction of sp³-hybridized carbons (Fsp3) is 0.467. The molecule has 0 radical (unpaired) electrons. The molecule has 0 aliphatic carbocycles. The van der Waals surface area contributed by atoms with E-state index in [1.165, 1.54) is 6.07 Å². The number of hydrogen-bond donors (Lipinski definition) is 2. The van der Waals surface area contributed by atoms with Gasteiger partial charge in [0, 0.05) is 18.4 Å². The Hall–Kier alpha value is -1.88. The van der Waals surface area contributed by atoms with Crippen molar-refractivity contribution in [2.75, 3.05) is 0 Å². The minimum Gasteiger partial charge on any atom is -0.508 e. The van der Waals surface area contributed by atoms with Crippen molar-refractivity contribution in [1.82, 2.24) is 0 Å². The highest BCUT2D eigenvalue weighted by molar-refractivity contribution is 5.96. The monoisotopic (exact) mass is 279 g/mol. The molecule has 1 aromatic rings. The number of Topliss-reactive ketones (excluding diaryl/α,β-unsaturated/α-hetero) is 1. The van der Waals surface area contributed by atoms with Gasteiger partial charge in [0.1, 0.15) is 5.75 Å². The van der Waals surface area contributed by atoms with Gasteiger partial charge in [-0.1, -0.05) is 31.4 Å². The molecule has 1 rings (SSSR count). The van der Waals surface area contributed by atoms with E-state index in [0.717, 1.165) is 32.1 Å². The van der Waals surface area contributed by atoms with Crippen molar-refractivity contribution in [1.29, 1.82) is 0 Å². The molecule has 110 valence electrons. The maximum Gasteiger partial charge on any atom is 0.324 e. The smallest absolute Gasteiger partial charge is 0.324 e. The number of rotatable bonds is 9. The lowest BCUT2D eigenvalue weighted by atomic mass is 10.0. The van der Waals surface area contributed by atoms with Gasteiger partial charge in [0.2, 0.25) is 0 Å². The third kappa shape index (κ3) is 6.33. The number of aromatic hydroxyl groups is 1. The highest BCUT2D eigenvalue weighted by atomic mass is 16.7. The van der Waals surface area contributed by atoms with E-state index in [0.29, 0.717) is 18.4 Å². The molecule has 0 atom stereocenters. The normalized spacial score (nSPS) is 10.2. The molecule has 0 heterocycles. The average Bonchev–Trinajstić information content (AvgIpc) is 2.45. The largest absolute Gasteiger partial charge is 0.508 e. The molecule has 0 saturated heterocycles. The van der Waals surface area contributed by atoms with Crippen molar-refractivity contribution in [3.63, 3.8) is 0 Å². The molecule has 0 aromatic heterocycles. The first-order valence-corrected chi connectivity index (χ1v) is 6.85. The van der Waals surface area contributed by atoms with Crippen molar-refractivity contribution in [2.45, 2.75) is 44.9 Å². The van der Waals surface area contributed by atoms with Crippen LogP contribution in [0.25, 0.3) is 0 Å². The molecule has 0 fully saturated rings. The van der Waals surface area contributed by atoms with Crippen LogP contribution < -0.4 is 5.90 Å². The summed E-state index contributed by atoms with van der Waals surface area (Å²) >= 11 is 0. The molecule has 1 aromatic carbocycles. The number of benzene rings is 1. The molecule has 0 aliphatic rings. The van der Waals surface area contributed by atoms with Crippen molar-refractivity contribution in [2.24, 2.45) is 5.90 Å². The standard InChI is InChI=1S/C15H21NO4/c16-20-15(19)10-5-3-1-2-4-9-14(18)12-7-6-8-13(17)11-12/h6-8,11,17H,1-5,9-10,16H2. The van der Waals surface area contributed by atoms with E-state index in [9.17, 15) is 14.7 Å². The number of ketones is 1. The van der Waals surface area contributed by atoms with Crippen LogP contribution in [0.4, 0.5) is 0 Å². The van der Waals surface area contributed by atoms with Crippen LogP contribution in [0.5, 0.6) is 5.75 Å². The molecular formula is C15H21NO4. The summed E-state index contributed by atoms with van der Waals surface area (Å²) in [4.78, 5) is 26.7. The third-order valence-corrected chi connectivity index (χ3v) is 3.08. The maximum atomic E-state index is 11.8. The second-order valence-electron chi connectivity index (χ2n) is 4.73. The fourth-order valence-electron chi connectivity index (χ4n) is 1.97. The summed E-state index contributed by atoms with van der Waals surface area (Å²) in [5.74, 6) is 4.51. The van der Waals surface area contributed by atoms with Crippen LogP contribution in [0.3, 0.4) is 0 Å². The highest BCUT2D eigenvalue weighted by Crippen LogP contribution is 2.15. The molecule has 0 amide bonds. The molecular weight excluding hydrogens is 258 g/mol. The first-order chi connectivity index (χ1) is 9.63. The summed E-state index contributed by atoms with van der Waals surface area (Å²) in [5.41, 5.74) is 0.552. The van der Waals surface area contributed by atoms with Gasteiger partial charge in [-0.25, -0.2) is 0 Å². The zero-order chi connectivity index (χ0) is 14.8. The number of phenolic OH excluding ortho intramolecular Hbond substituents is 1. The molecule has 3 N–H and O–H groups in total. The summed E-state index contributed by atoms with van der Waals surface area (Å²) in [6.07, 6.45) is 5.25. The van der Waals surface area contributed by atoms with Crippen LogP contribution in [0.2, 0.25) is 0 Å². The molecule has 0 bridgehead atoms. The van der Waals surface area contributed by atoms with Gasteiger partial charge in [-0.2, -0.15) is 5.90 Å². The number of nitrogens with two attached hydrogens (primary N) is 1. The Labute approximate surface area is 118 Å². The van der Waals surface area contributed by atoms with Crippen molar-refractivity contribution < 1.29 is 19.5 Å². The Morgan fingerprint density at radius 2 is 1.70 bits per heavy atom. The highest BCUT2D eigenvalue weighted by Gasteiger charge is 2.06. The van der Waals surface area contributed by atoms with Crippen LogP contribution in [0.1, 0.15) is 55.3 Å². The van der Waals surface area contributed by atoms with Gasteiger partial charge in [0.15, 0.2) is 5.78 Å². The minimum atomic E-state index is -0.385. The lowest BCUT2D eigenvalue weighted by Crippen LogP contribution is -2.08. The average molecular weight is 279 g/mol. The predicted octanol–water partition coefficient (Wildman–Crippen LogP) is 2.72. The van der Waals surface area contributed by atoms with Crippen LogP contribution in [-0.2, 0) is 9.63 Å². The Bertz CT molecular complexity index is 445. The number of unbranched alkanes of at least 4 members (excludes halogenated alkanes) is 4. The van der Waals surface area contributed by atoms with Crippen molar-refractivity contribution >= 4 is 11.8 Å². The van der Waals surface area contributed by atoms with Gasteiger partial charge in [-0.05, 0) is 25.0 Å². The van der Waals surface area contributed by atoms with E-state index in [1.54, 1.807) is 18.2 Å². The minimum absolute atomic E-state index is 0.0487.